The Labute approximate surface area is 106 Å². The minimum Gasteiger partial charge on any atom is -0.463 e. The highest BCUT2D eigenvalue weighted by Crippen LogP contribution is 2.17. The molecule has 96 valence electrons. The second-order valence-electron chi connectivity index (χ2n) is 4.65. The van der Waals surface area contributed by atoms with Crippen molar-refractivity contribution in [3.8, 4) is 11.5 Å². The van der Waals surface area contributed by atoms with Gasteiger partial charge < -0.3 is 9.73 Å². The maximum Gasteiger partial charge on any atom is 0.272 e. The Kier molecular flexibility index (Phi) is 3.50. The molecular formula is C13H17N3O2. The van der Waals surface area contributed by atoms with Crippen LogP contribution in [0.5, 0.6) is 0 Å². The lowest BCUT2D eigenvalue weighted by Gasteiger charge is -2.16. The smallest absolute Gasteiger partial charge is 0.272 e. The summed E-state index contributed by atoms with van der Waals surface area (Å²) in [5.41, 5.74) is 1.07. The molecule has 2 aromatic heterocycles. The third-order valence-corrected chi connectivity index (χ3v) is 2.96. The van der Waals surface area contributed by atoms with E-state index in [1.54, 1.807) is 18.4 Å². The zero-order valence-electron chi connectivity index (χ0n) is 10.7. The summed E-state index contributed by atoms with van der Waals surface area (Å²) in [7, 11) is 0. The minimum absolute atomic E-state index is 0.112. The molecule has 0 aliphatic rings. The van der Waals surface area contributed by atoms with E-state index in [1.165, 1.54) is 0 Å². The molecule has 2 aromatic rings. The van der Waals surface area contributed by atoms with Crippen LogP contribution in [0.2, 0.25) is 0 Å². The molecule has 1 amide bonds. The number of amides is 1. The van der Waals surface area contributed by atoms with Gasteiger partial charge in [-0.1, -0.05) is 13.8 Å². The molecule has 0 saturated carbocycles. The lowest BCUT2D eigenvalue weighted by molar-refractivity contribution is 0.0925. The fraction of sp³-hybridized carbons (Fsp3) is 0.385. The Morgan fingerprint density at radius 1 is 1.44 bits per heavy atom. The molecule has 2 N–H and O–H groups in total. The largest absolute Gasteiger partial charge is 0.463 e. The molecule has 2 rings (SSSR count). The first-order valence-electron chi connectivity index (χ1n) is 5.98. The minimum atomic E-state index is -0.176. The van der Waals surface area contributed by atoms with Gasteiger partial charge in [-0.25, -0.2) is 0 Å². The first-order chi connectivity index (χ1) is 8.58. The Bertz CT molecular complexity index is 514. The van der Waals surface area contributed by atoms with Gasteiger partial charge in [0.2, 0.25) is 0 Å². The molecule has 0 aromatic carbocycles. The summed E-state index contributed by atoms with van der Waals surface area (Å²) in [5, 5.41) is 9.68. The van der Waals surface area contributed by atoms with Crippen LogP contribution in [-0.4, -0.2) is 22.1 Å². The predicted octanol–water partition coefficient (Wildman–Crippen LogP) is 2.44. The number of furan rings is 1. The second kappa shape index (κ2) is 5.08. The number of hydrogen-bond acceptors (Lipinski definition) is 3. The van der Waals surface area contributed by atoms with Crippen molar-refractivity contribution in [2.24, 2.45) is 5.92 Å². The summed E-state index contributed by atoms with van der Waals surface area (Å²) >= 11 is 0. The van der Waals surface area contributed by atoms with Crippen molar-refractivity contribution < 1.29 is 9.21 Å². The van der Waals surface area contributed by atoms with E-state index in [1.807, 2.05) is 13.0 Å². The van der Waals surface area contributed by atoms with Gasteiger partial charge in [-0.15, -0.1) is 0 Å². The van der Waals surface area contributed by atoms with Gasteiger partial charge in [0.25, 0.3) is 5.91 Å². The van der Waals surface area contributed by atoms with Crippen LogP contribution >= 0.6 is 0 Å². The van der Waals surface area contributed by atoms with Crippen molar-refractivity contribution in [3.63, 3.8) is 0 Å². The van der Waals surface area contributed by atoms with Crippen molar-refractivity contribution in [1.82, 2.24) is 15.5 Å². The number of nitrogens with zero attached hydrogens (tertiary/aromatic N) is 1. The average molecular weight is 247 g/mol. The van der Waals surface area contributed by atoms with E-state index in [0.29, 0.717) is 23.1 Å². The van der Waals surface area contributed by atoms with E-state index in [0.717, 1.165) is 0 Å². The molecule has 1 unspecified atom stereocenters. The number of carbonyl (C=O) groups is 1. The van der Waals surface area contributed by atoms with E-state index in [9.17, 15) is 4.79 Å². The summed E-state index contributed by atoms with van der Waals surface area (Å²) in [6.45, 7) is 6.09. The van der Waals surface area contributed by atoms with Crippen molar-refractivity contribution in [3.05, 3.63) is 30.2 Å². The van der Waals surface area contributed by atoms with Crippen LogP contribution in [0.15, 0.2) is 28.9 Å². The van der Waals surface area contributed by atoms with Crippen LogP contribution < -0.4 is 5.32 Å². The van der Waals surface area contributed by atoms with Crippen molar-refractivity contribution in [2.45, 2.75) is 26.8 Å². The third kappa shape index (κ3) is 2.61. The third-order valence-electron chi connectivity index (χ3n) is 2.96. The summed E-state index contributed by atoms with van der Waals surface area (Å²) in [6.07, 6.45) is 1.58. The molecule has 0 saturated heterocycles. The van der Waals surface area contributed by atoms with Crippen molar-refractivity contribution >= 4 is 5.91 Å². The number of nitrogens with one attached hydrogen (secondary N) is 2. The highest BCUT2D eigenvalue weighted by Gasteiger charge is 2.16. The summed E-state index contributed by atoms with van der Waals surface area (Å²) in [4.78, 5) is 11.9. The van der Waals surface area contributed by atoms with Gasteiger partial charge in [-0.2, -0.15) is 5.10 Å². The molecule has 0 spiro atoms. The number of aromatic nitrogens is 2. The Balaban J connectivity index is 2.08. The fourth-order valence-corrected chi connectivity index (χ4v) is 1.44. The van der Waals surface area contributed by atoms with Crippen LogP contribution in [0.4, 0.5) is 0 Å². The Morgan fingerprint density at radius 3 is 2.83 bits per heavy atom. The molecule has 0 radical (unpaired) electrons. The van der Waals surface area contributed by atoms with Crippen LogP contribution in [0.1, 0.15) is 31.3 Å². The Morgan fingerprint density at radius 2 is 2.22 bits per heavy atom. The number of rotatable bonds is 4. The summed E-state index contributed by atoms with van der Waals surface area (Å²) < 4.78 is 5.23. The van der Waals surface area contributed by atoms with E-state index in [2.05, 4.69) is 29.4 Å². The second-order valence-corrected chi connectivity index (χ2v) is 4.65. The number of aromatic amines is 1. The topological polar surface area (TPSA) is 70.9 Å². The molecule has 1 atom stereocenters. The van der Waals surface area contributed by atoms with Crippen LogP contribution in [0.3, 0.4) is 0 Å². The van der Waals surface area contributed by atoms with E-state index in [4.69, 9.17) is 4.42 Å². The van der Waals surface area contributed by atoms with Gasteiger partial charge in [0, 0.05) is 12.1 Å². The van der Waals surface area contributed by atoms with E-state index in [-0.39, 0.29) is 11.9 Å². The molecule has 5 nitrogen and oxygen atoms in total. The number of carbonyl (C=O) groups excluding carboxylic acids is 1. The highest BCUT2D eigenvalue weighted by atomic mass is 16.3. The quantitative estimate of drug-likeness (QED) is 0.871. The van der Waals surface area contributed by atoms with Crippen LogP contribution in [0, 0.1) is 5.92 Å². The molecular weight excluding hydrogens is 230 g/mol. The van der Waals surface area contributed by atoms with Crippen molar-refractivity contribution in [1.29, 1.82) is 0 Å². The lowest BCUT2D eigenvalue weighted by Crippen LogP contribution is -2.36. The van der Waals surface area contributed by atoms with Gasteiger partial charge >= 0.3 is 0 Å². The van der Waals surface area contributed by atoms with Gasteiger partial charge in [-0.05, 0) is 25.0 Å². The molecule has 18 heavy (non-hydrogen) atoms. The molecule has 0 aliphatic heterocycles. The van der Waals surface area contributed by atoms with Gasteiger partial charge in [0.15, 0.2) is 11.5 Å². The SMILES string of the molecule is CC(C)C(C)NC(=O)c1cc(-c2ccco2)[nH]n1. The van der Waals surface area contributed by atoms with Crippen LogP contribution in [-0.2, 0) is 0 Å². The predicted molar refractivity (Wildman–Crippen MR) is 68.1 cm³/mol. The zero-order valence-corrected chi connectivity index (χ0v) is 10.7. The van der Waals surface area contributed by atoms with Gasteiger partial charge in [0.1, 0.15) is 5.69 Å². The molecule has 2 heterocycles. The molecule has 0 aliphatic carbocycles. The molecule has 5 heteroatoms. The first kappa shape index (κ1) is 12.4. The summed E-state index contributed by atoms with van der Waals surface area (Å²) in [5.74, 6) is 0.876. The van der Waals surface area contributed by atoms with Gasteiger partial charge in [-0.3, -0.25) is 9.89 Å². The highest BCUT2D eigenvalue weighted by molar-refractivity contribution is 5.93. The van der Waals surface area contributed by atoms with Crippen LogP contribution in [0.25, 0.3) is 11.5 Å². The molecule has 0 bridgehead atoms. The van der Waals surface area contributed by atoms with Crippen molar-refractivity contribution in [2.75, 3.05) is 0 Å². The molecule has 0 fully saturated rings. The first-order valence-corrected chi connectivity index (χ1v) is 5.98. The normalized spacial score (nSPS) is 12.7. The zero-order chi connectivity index (χ0) is 13.1. The summed E-state index contributed by atoms with van der Waals surface area (Å²) in [6, 6.07) is 5.39. The fourth-order valence-electron chi connectivity index (χ4n) is 1.44. The average Bonchev–Trinajstić information content (AvgIpc) is 2.99. The van der Waals surface area contributed by atoms with E-state index >= 15 is 0 Å². The standard InChI is InChI=1S/C13H17N3O2/c1-8(2)9(3)14-13(17)11-7-10(15-16-11)12-5-4-6-18-12/h4-9H,1-3H3,(H,14,17)(H,15,16). The number of hydrogen-bond donors (Lipinski definition) is 2. The number of H-pyrrole nitrogens is 1. The Hall–Kier alpha value is -2.04. The van der Waals surface area contributed by atoms with E-state index < -0.39 is 0 Å². The monoisotopic (exact) mass is 247 g/mol. The van der Waals surface area contributed by atoms with Gasteiger partial charge in [0.05, 0.1) is 6.26 Å². The maximum atomic E-state index is 11.9. The lowest BCUT2D eigenvalue weighted by atomic mass is 10.1. The maximum absolute atomic E-state index is 11.9.